The molecule has 1 N–H and O–H groups in total. The summed E-state index contributed by atoms with van der Waals surface area (Å²) < 4.78 is 1.92. The molecular weight excluding hydrogens is 212 g/mol. The van der Waals surface area contributed by atoms with E-state index < -0.39 is 0 Å². The van der Waals surface area contributed by atoms with Crippen molar-refractivity contribution in [3.8, 4) is 5.69 Å². The number of nitrogens with zero attached hydrogens (tertiary/aromatic N) is 2. The van der Waals surface area contributed by atoms with Crippen LogP contribution in [-0.2, 0) is 6.61 Å². The number of aliphatic hydroxyl groups excluding tert-OH is 1. The van der Waals surface area contributed by atoms with Crippen molar-refractivity contribution in [1.82, 2.24) is 9.78 Å². The van der Waals surface area contributed by atoms with Crippen molar-refractivity contribution < 1.29 is 5.11 Å². The minimum absolute atomic E-state index is 0.0442. The Hall–Kier alpha value is -1.61. The van der Waals surface area contributed by atoms with Gasteiger partial charge < -0.3 is 5.11 Å². The second kappa shape index (κ2) is 4.34. The van der Waals surface area contributed by atoms with Crippen molar-refractivity contribution in [3.05, 3.63) is 46.3 Å². The van der Waals surface area contributed by atoms with Gasteiger partial charge in [0.15, 0.2) is 0 Å². The standard InChI is InChI=1S/C14H18N2O/c1-9-5-6-10(2)14(7-9)16-12(4)13(8-17)11(3)15-16/h5-7,17H,8H2,1-4H3. The molecule has 0 unspecified atom stereocenters. The van der Waals surface area contributed by atoms with Gasteiger partial charge in [-0.3, -0.25) is 0 Å². The van der Waals surface area contributed by atoms with Gasteiger partial charge in [0.1, 0.15) is 0 Å². The van der Waals surface area contributed by atoms with Gasteiger partial charge in [-0.2, -0.15) is 5.10 Å². The van der Waals surface area contributed by atoms with Gasteiger partial charge >= 0.3 is 0 Å². The highest BCUT2D eigenvalue weighted by atomic mass is 16.3. The predicted octanol–water partition coefficient (Wildman–Crippen LogP) is 2.60. The molecule has 0 amide bonds. The van der Waals surface area contributed by atoms with E-state index in [4.69, 9.17) is 0 Å². The maximum Gasteiger partial charge on any atom is 0.0718 e. The van der Waals surface area contributed by atoms with E-state index in [1.54, 1.807) is 0 Å². The van der Waals surface area contributed by atoms with Crippen LogP contribution >= 0.6 is 0 Å². The minimum Gasteiger partial charge on any atom is -0.392 e. The fraction of sp³-hybridized carbons (Fsp3) is 0.357. The maximum atomic E-state index is 9.33. The number of aryl methyl sites for hydroxylation is 3. The Balaban J connectivity index is 2.64. The summed E-state index contributed by atoms with van der Waals surface area (Å²) in [5.74, 6) is 0. The van der Waals surface area contributed by atoms with Crippen LogP contribution in [0.3, 0.4) is 0 Å². The van der Waals surface area contributed by atoms with E-state index >= 15 is 0 Å². The predicted molar refractivity (Wildman–Crippen MR) is 68.4 cm³/mol. The molecule has 0 bridgehead atoms. The van der Waals surface area contributed by atoms with E-state index in [1.807, 2.05) is 18.5 Å². The van der Waals surface area contributed by atoms with E-state index in [2.05, 4.69) is 37.1 Å². The van der Waals surface area contributed by atoms with Gasteiger partial charge in [0.25, 0.3) is 0 Å². The molecule has 0 spiro atoms. The third-order valence-electron chi connectivity index (χ3n) is 3.19. The molecule has 3 heteroatoms. The second-order valence-corrected chi connectivity index (χ2v) is 4.51. The van der Waals surface area contributed by atoms with Crippen molar-refractivity contribution >= 4 is 0 Å². The number of benzene rings is 1. The van der Waals surface area contributed by atoms with Crippen LogP contribution in [0.1, 0.15) is 28.1 Å². The molecule has 3 nitrogen and oxygen atoms in total. The largest absolute Gasteiger partial charge is 0.392 e. The lowest BCUT2D eigenvalue weighted by atomic mass is 10.1. The molecule has 1 heterocycles. The number of hydrogen-bond donors (Lipinski definition) is 1. The highest BCUT2D eigenvalue weighted by Gasteiger charge is 2.13. The number of aliphatic hydroxyl groups is 1. The first kappa shape index (κ1) is 11.9. The number of aromatic nitrogens is 2. The zero-order chi connectivity index (χ0) is 12.6. The van der Waals surface area contributed by atoms with Gasteiger partial charge in [-0.15, -0.1) is 0 Å². The highest BCUT2D eigenvalue weighted by Crippen LogP contribution is 2.21. The van der Waals surface area contributed by atoms with Gasteiger partial charge in [-0.05, 0) is 44.9 Å². The molecule has 90 valence electrons. The molecule has 0 aliphatic carbocycles. The Labute approximate surface area is 102 Å². The monoisotopic (exact) mass is 230 g/mol. The first-order chi connectivity index (χ1) is 8.04. The first-order valence-electron chi connectivity index (χ1n) is 5.78. The average Bonchev–Trinajstić information content (AvgIpc) is 2.57. The molecule has 2 rings (SSSR count). The van der Waals surface area contributed by atoms with Crippen LogP contribution < -0.4 is 0 Å². The molecule has 0 aliphatic heterocycles. The fourth-order valence-electron chi connectivity index (χ4n) is 2.09. The lowest BCUT2D eigenvalue weighted by Crippen LogP contribution is -2.02. The third kappa shape index (κ3) is 1.98. The third-order valence-corrected chi connectivity index (χ3v) is 3.19. The van der Waals surface area contributed by atoms with E-state index in [9.17, 15) is 5.11 Å². The number of hydrogen-bond acceptors (Lipinski definition) is 2. The average molecular weight is 230 g/mol. The van der Waals surface area contributed by atoms with Crippen LogP contribution in [0.5, 0.6) is 0 Å². The summed E-state index contributed by atoms with van der Waals surface area (Å²) >= 11 is 0. The molecule has 0 aliphatic rings. The second-order valence-electron chi connectivity index (χ2n) is 4.51. The van der Waals surface area contributed by atoms with Crippen LogP contribution in [0.4, 0.5) is 0 Å². The highest BCUT2D eigenvalue weighted by molar-refractivity contribution is 5.45. The number of rotatable bonds is 2. The van der Waals surface area contributed by atoms with Gasteiger partial charge in [0.05, 0.1) is 18.0 Å². The lowest BCUT2D eigenvalue weighted by molar-refractivity contribution is 0.280. The molecule has 2 aromatic rings. The molecule has 0 atom stereocenters. The molecule has 17 heavy (non-hydrogen) atoms. The summed E-state index contributed by atoms with van der Waals surface area (Å²) in [5.41, 5.74) is 6.32. The Bertz CT molecular complexity index is 556. The molecule has 0 saturated carbocycles. The summed E-state index contributed by atoms with van der Waals surface area (Å²) in [5, 5.41) is 13.8. The quantitative estimate of drug-likeness (QED) is 0.861. The topological polar surface area (TPSA) is 38.0 Å². The van der Waals surface area contributed by atoms with Gasteiger partial charge in [0, 0.05) is 11.3 Å². The summed E-state index contributed by atoms with van der Waals surface area (Å²) in [4.78, 5) is 0. The zero-order valence-electron chi connectivity index (χ0n) is 10.8. The van der Waals surface area contributed by atoms with Crippen LogP contribution in [0.2, 0.25) is 0 Å². The maximum absolute atomic E-state index is 9.33. The van der Waals surface area contributed by atoms with E-state index in [0.717, 1.165) is 22.6 Å². The molecular formula is C14H18N2O. The van der Waals surface area contributed by atoms with Crippen LogP contribution in [0.25, 0.3) is 5.69 Å². The Morgan fingerprint density at radius 1 is 1.18 bits per heavy atom. The Kier molecular flexibility index (Phi) is 3.03. The molecule has 0 saturated heterocycles. The van der Waals surface area contributed by atoms with Crippen LogP contribution in [0.15, 0.2) is 18.2 Å². The fourth-order valence-corrected chi connectivity index (χ4v) is 2.09. The summed E-state index contributed by atoms with van der Waals surface area (Å²) in [6, 6.07) is 6.31. The summed E-state index contributed by atoms with van der Waals surface area (Å²) in [6.07, 6.45) is 0. The van der Waals surface area contributed by atoms with E-state index in [-0.39, 0.29) is 6.61 Å². The molecule has 0 fully saturated rings. The Morgan fingerprint density at radius 2 is 1.88 bits per heavy atom. The van der Waals surface area contributed by atoms with E-state index in [1.165, 1.54) is 11.1 Å². The van der Waals surface area contributed by atoms with Gasteiger partial charge in [-0.25, -0.2) is 4.68 Å². The first-order valence-corrected chi connectivity index (χ1v) is 5.78. The summed E-state index contributed by atoms with van der Waals surface area (Å²) in [7, 11) is 0. The van der Waals surface area contributed by atoms with Crippen LogP contribution in [0, 0.1) is 27.7 Å². The van der Waals surface area contributed by atoms with Gasteiger partial charge in [-0.1, -0.05) is 12.1 Å². The Morgan fingerprint density at radius 3 is 2.47 bits per heavy atom. The zero-order valence-corrected chi connectivity index (χ0v) is 10.8. The van der Waals surface area contributed by atoms with Crippen LogP contribution in [-0.4, -0.2) is 14.9 Å². The van der Waals surface area contributed by atoms with Crippen molar-refractivity contribution in [1.29, 1.82) is 0 Å². The van der Waals surface area contributed by atoms with Crippen molar-refractivity contribution in [2.45, 2.75) is 34.3 Å². The lowest BCUT2D eigenvalue weighted by Gasteiger charge is -2.09. The summed E-state index contributed by atoms with van der Waals surface area (Å²) in [6.45, 7) is 8.11. The minimum atomic E-state index is 0.0442. The normalized spacial score (nSPS) is 10.9. The smallest absolute Gasteiger partial charge is 0.0718 e. The van der Waals surface area contributed by atoms with E-state index in [0.29, 0.717) is 0 Å². The van der Waals surface area contributed by atoms with Crippen molar-refractivity contribution in [2.24, 2.45) is 0 Å². The van der Waals surface area contributed by atoms with Crippen molar-refractivity contribution in [2.75, 3.05) is 0 Å². The van der Waals surface area contributed by atoms with Crippen molar-refractivity contribution in [3.63, 3.8) is 0 Å². The molecule has 1 aromatic carbocycles. The van der Waals surface area contributed by atoms with Gasteiger partial charge in [0.2, 0.25) is 0 Å². The molecule has 0 radical (unpaired) electrons. The SMILES string of the molecule is Cc1ccc(C)c(-n2nc(C)c(CO)c2C)c1. The molecule has 1 aromatic heterocycles.